The first kappa shape index (κ1) is 21.1. The van der Waals surface area contributed by atoms with E-state index in [0.717, 1.165) is 11.8 Å². The second kappa shape index (κ2) is 9.28. The van der Waals surface area contributed by atoms with E-state index in [0.29, 0.717) is 16.7 Å². The Hall–Kier alpha value is 0.0900. The number of thiocarbonyl (C=S) groups is 1. The van der Waals surface area contributed by atoms with Crippen LogP contribution < -0.4 is 0 Å². The van der Waals surface area contributed by atoms with E-state index in [2.05, 4.69) is 60.8 Å². The smallest absolute Gasteiger partial charge is 0.00259 e. The van der Waals surface area contributed by atoms with Gasteiger partial charge in [0.05, 0.1) is 0 Å². The van der Waals surface area contributed by atoms with Crippen molar-refractivity contribution in [1.82, 2.24) is 0 Å². The van der Waals surface area contributed by atoms with Crippen LogP contribution in [0.25, 0.3) is 0 Å². The van der Waals surface area contributed by atoms with Crippen molar-refractivity contribution in [2.24, 2.45) is 28.6 Å². The largest absolute Gasteiger partial charge is 0.0931 e. The summed E-state index contributed by atoms with van der Waals surface area (Å²) >= 11 is 5.45. The van der Waals surface area contributed by atoms with Gasteiger partial charge in [0.15, 0.2) is 0 Å². The van der Waals surface area contributed by atoms with Gasteiger partial charge in [-0.3, -0.25) is 0 Å². The molecule has 0 amide bonds. The zero-order chi connectivity index (χ0) is 16.7. The van der Waals surface area contributed by atoms with Gasteiger partial charge in [-0.25, -0.2) is 0 Å². The third-order valence-electron chi connectivity index (χ3n) is 5.03. The first-order valence-electron chi connectivity index (χ1n) is 8.98. The van der Waals surface area contributed by atoms with Crippen molar-refractivity contribution in [2.75, 3.05) is 0 Å². The molecule has 0 radical (unpaired) electrons. The van der Waals surface area contributed by atoms with Crippen LogP contribution in [0.15, 0.2) is 0 Å². The third-order valence-corrected chi connectivity index (χ3v) is 5.30. The maximum absolute atomic E-state index is 5.45. The summed E-state index contributed by atoms with van der Waals surface area (Å²) in [5, 5.41) is 2.07. The van der Waals surface area contributed by atoms with Crippen LogP contribution in [0.5, 0.6) is 0 Å². The summed E-state index contributed by atoms with van der Waals surface area (Å²) < 4.78 is 0. The van der Waals surface area contributed by atoms with Crippen LogP contribution in [-0.2, 0) is 0 Å². The van der Waals surface area contributed by atoms with Crippen LogP contribution in [0.3, 0.4) is 0 Å². The fourth-order valence-electron chi connectivity index (χ4n) is 3.67. The van der Waals surface area contributed by atoms with Crippen LogP contribution in [0.2, 0.25) is 0 Å². The van der Waals surface area contributed by atoms with E-state index in [1.54, 1.807) is 0 Å². The van der Waals surface area contributed by atoms with Crippen molar-refractivity contribution in [2.45, 2.75) is 93.9 Å². The minimum Gasteiger partial charge on any atom is -0.0931 e. The fourth-order valence-corrected chi connectivity index (χ4v) is 4.41. The molecule has 0 nitrogen and oxygen atoms in total. The molecule has 0 aromatic rings. The first-order valence-corrected chi connectivity index (χ1v) is 9.45. The van der Waals surface area contributed by atoms with Gasteiger partial charge in [-0.1, -0.05) is 93.3 Å². The molecular formula is C20H40S. The average Bonchev–Trinajstić information content (AvgIpc) is 2.26. The van der Waals surface area contributed by atoms with E-state index >= 15 is 0 Å². The van der Waals surface area contributed by atoms with Gasteiger partial charge in [-0.05, 0) is 46.8 Å². The van der Waals surface area contributed by atoms with Gasteiger partial charge in [-0.2, -0.15) is 0 Å². The average molecular weight is 313 g/mol. The van der Waals surface area contributed by atoms with Crippen molar-refractivity contribution in [3.63, 3.8) is 0 Å². The van der Waals surface area contributed by atoms with E-state index in [9.17, 15) is 0 Å². The minimum absolute atomic E-state index is 0.317. The van der Waals surface area contributed by atoms with Crippen LogP contribution in [-0.4, -0.2) is 5.37 Å². The van der Waals surface area contributed by atoms with E-state index < -0.39 is 0 Å². The SMILES string of the molecule is CC(C)CCCC(C)(C)C(C=S)C(C)(C)CCCC(C)C. The van der Waals surface area contributed by atoms with Gasteiger partial charge < -0.3 is 0 Å². The highest BCUT2D eigenvalue weighted by Gasteiger charge is 2.38. The molecule has 0 aromatic heterocycles. The Morgan fingerprint density at radius 2 is 1.10 bits per heavy atom. The molecule has 0 saturated carbocycles. The molecule has 126 valence electrons. The van der Waals surface area contributed by atoms with Gasteiger partial charge in [0.25, 0.3) is 0 Å². The van der Waals surface area contributed by atoms with E-state index in [1.165, 1.54) is 38.5 Å². The molecule has 0 unspecified atom stereocenters. The molecule has 0 fully saturated rings. The number of hydrogen-bond acceptors (Lipinski definition) is 1. The van der Waals surface area contributed by atoms with Crippen LogP contribution in [0, 0.1) is 28.6 Å². The molecular weight excluding hydrogens is 272 g/mol. The summed E-state index contributed by atoms with van der Waals surface area (Å²) in [6.45, 7) is 19.0. The zero-order valence-electron chi connectivity index (χ0n) is 16.0. The Bertz CT molecular complexity index is 260. The molecule has 0 heterocycles. The van der Waals surface area contributed by atoms with Gasteiger partial charge in [0, 0.05) is 0 Å². The van der Waals surface area contributed by atoms with Crippen LogP contribution in [0.4, 0.5) is 0 Å². The van der Waals surface area contributed by atoms with Crippen molar-refractivity contribution in [1.29, 1.82) is 0 Å². The molecule has 0 aliphatic carbocycles. The third kappa shape index (κ3) is 8.33. The molecule has 0 saturated heterocycles. The first-order chi connectivity index (χ1) is 9.53. The summed E-state index contributed by atoms with van der Waals surface area (Å²) in [6, 6.07) is 0. The summed E-state index contributed by atoms with van der Waals surface area (Å²) in [4.78, 5) is 0. The lowest BCUT2D eigenvalue weighted by Gasteiger charge is -2.43. The maximum Gasteiger partial charge on any atom is -0.00259 e. The van der Waals surface area contributed by atoms with Gasteiger partial charge in [0.2, 0.25) is 0 Å². The predicted octanol–water partition coefficient (Wildman–Crippen LogP) is 7.31. The Morgan fingerprint density at radius 1 is 0.762 bits per heavy atom. The van der Waals surface area contributed by atoms with E-state index in [-0.39, 0.29) is 0 Å². The molecule has 0 aliphatic rings. The van der Waals surface area contributed by atoms with Crippen LogP contribution in [0.1, 0.15) is 93.9 Å². The lowest BCUT2D eigenvalue weighted by atomic mass is 9.62. The highest BCUT2D eigenvalue weighted by Crippen LogP contribution is 2.45. The summed E-state index contributed by atoms with van der Waals surface area (Å²) in [7, 11) is 0. The molecule has 0 rings (SSSR count). The van der Waals surface area contributed by atoms with Crippen LogP contribution >= 0.6 is 12.2 Å². The molecule has 0 aliphatic heterocycles. The topological polar surface area (TPSA) is 0 Å². The maximum atomic E-state index is 5.45. The molecule has 0 spiro atoms. The zero-order valence-corrected chi connectivity index (χ0v) is 16.8. The second-order valence-electron chi connectivity index (χ2n) is 9.16. The summed E-state index contributed by atoms with van der Waals surface area (Å²) in [6.07, 6.45) is 7.90. The predicted molar refractivity (Wildman–Crippen MR) is 102 cm³/mol. The lowest BCUT2D eigenvalue weighted by molar-refractivity contribution is 0.111. The molecule has 0 aromatic carbocycles. The highest BCUT2D eigenvalue weighted by atomic mass is 32.1. The van der Waals surface area contributed by atoms with Gasteiger partial charge >= 0.3 is 0 Å². The quantitative estimate of drug-likeness (QED) is 0.360. The summed E-state index contributed by atoms with van der Waals surface area (Å²) in [5.74, 6) is 2.15. The van der Waals surface area contributed by atoms with E-state index in [4.69, 9.17) is 12.2 Å². The van der Waals surface area contributed by atoms with Gasteiger partial charge in [-0.15, -0.1) is 0 Å². The van der Waals surface area contributed by atoms with Crippen molar-refractivity contribution >= 4 is 17.6 Å². The number of hydrogen-bond donors (Lipinski definition) is 0. The van der Waals surface area contributed by atoms with Crippen molar-refractivity contribution in [3.05, 3.63) is 0 Å². The Kier molecular flexibility index (Phi) is 9.32. The molecule has 1 heteroatoms. The lowest BCUT2D eigenvalue weighted by Crippen LogP contribution is -2.37. The van der Waals surface area contributed by atoms with Gasteiger partial charge in [0.1, 0.15) is 0 Å². The Morgan fingerprint density at radius 3 is 1.33 bits per heavy atom. The minimum atomic E-state index is 0.317. The highest BCUT2D eigenvalue weighted by molar-refractivity contribution is 7.79. The molecule has 0 atom stereocenters. The number of rotatable bonds is 11. The van der Waals surface area contributed by atoms with E-state index in [1.807, 2.05) is 0 Å². The van der Waals surface area contributed by atoms with Crippen molar-refractivity contribution in [3.8, 4) is 0 Å². The molecule has 0 N–H and O–H groups in total. The molecule has 0 bridgehead atoms. The van der Waals surface area contributed by atoms with Crippen molar-refractivity contribution < 1.29 is 0 Å². The Balaban J connectivity index is 4.65. The monoisotopic (exact) mass is 312 g/mol. The fraction of sp³-hybridized carbons (Fsp3) is 0.950. The summed E-state index contributed by atoms with van der Waals surface area (Å²) in [5.41, 5.74) is 0.635. The molecule has 21 heavy (non-hydrogen) atoms. The normalized spacial score (nSPS) is 13.5. The second-order valence-corrected chi connectivity index (χ2v) is 9.44. The Labute approximate surface area is 140 Å². The standard InChI is InChI=1S/C20H40S/c1-16(2)11-9-13-19(5,6)18(15-21)20(7,8)14-10-12-17(3)4/h15-18H,9-14H2,1-8H3.